The number of nitrogens with zero attached hydrogens (tertiary/aromatic N) is 4. The zero-order valence-electron chi connectivity index (χ0n) is 29.4. The predicted molar refractivity (Wildman–Crippen MR) is 183 cm³/mol. The first-order valence-corrected chi connectivity index (χ1v) is 17.2. The summed E-state index contributed by atoms with van der Waals surface area (Å²) in [7, 11) is 6.40. The van der Waals surface area contributed by atoms with Crippen molar-refractivity contribution in [3.8, 4) is 6.07 Å². The van der Waals surface area contributed by atoms with Crippen LogP contribution in [0.5, 0.6) is 0 Å². The van der Waals surface area contributed by atoms with E-state index in [2.05, 4.69) is 33.4 Å². The van der Waals surface area contributed by atoms with Gasteiger partial charge in [0, 0.05) is 55.2 Å². The van der Waals surface area contributed by atoms with Gasteiger partial charge in [0.05, 0.1) is 31.5 Å². The molecular formula is C37H50F2N6O4. The Morgan fingerprint density at radius 1 is 1.06 bits per heavy atom. The van der Waals surface area contributed by atoms with Crippen LogP contribution in [-0.4, -0.2) is 95.6 Å². The van der Waals surface area contributed by atoms with Crippen molar-refractivity contribution in [3.05, 3.63) is 64.7 Å². The minimum atomic E-state index is -0.668. The van der Waals surface area contributed by atoms with Crippen molar-refractivity contribution in [2.45, 2.75) is 57.0 Å². The topological polar surface area (TPSA) is 110 Å². The molecule has 5 rings (SSSR count). The lowest BCUT2D eigenvalue weighted by atomic mass is 9.58. The number of halogens is 2. The van der Waals surface area contributed by atoms with Gasteiger partial charge in [0.25, 0.3) is 0 Å². The summed E-state index contributed by atoms with van der Waals surface area (Å²) in [6.07, 6.45) is 3.04. The van der Waals surface area contributed by atoms with Gasteiger partial charge < -0.3 is 34.8 Å². The van der Waals surface area contributed by atoms with Gasteiger partial charge in [-0.3, -0.25) is 0 Å². The molecular weight excluding hydrogens is 630 g/mol. The molecule has 49 heavy (non-hydrogen) atoms. The van der Waals surface area contributed by atoms with Crippen LogP contribution in [0.25, 0.3) is 0 Å². The molecule has 3 fully saturated rings. The summed E-state index contributed by atoms with van der Waals surface area (Å²) in [5, 5.41) is 15.6. The maximum absolute atomic E-state index is 15.6. The fourth-order valence-corrected chi connectivity index (χ4v) is 8.88. The molecule has 0 radical (unpaired) electrons. The largest absolute Gasteiger partial charge is 0.453 e. The summed E-state index contributed by atoms with van der Waals surface area (Å²) in [6.45, 7) is 6.72. The third-order valence-electron chi connectivity index (χ3n) is 11.0. The molecule has 266 valence electrons. The fourth-order valence-electron chi connectivity index (χ4n) is 8.88. The summed E-state index contributed by atoms with van der Waals surface area (Å²) < 4.78 is 40.5. The molecule has 3 aliphatic rings. The molecule has 2 aromatic rings. The minimum absolute atomic E-state index is 0.0397. The van der Waals surface area contributed by atoms with Crippen molar-refractivity contribution in [1.82, 2.24) is 20.4 Å². The van der Waals surface area contributed by atoms with Crippen molar-refractivity contribution in [1.29, 1.82) is 5.26 Å². The van der Waals surface area contributed by atoms with Crippen LogP contribution in [0, 0.1) is 40.2 Å². The van der Waals surface area contributed by atoms with Gasteiger partial charge in [0.1, 0.15) is 5.82 Å². The summed E-state index contributed by atoms with van der Waals surface area (Å²) in [4.78, 5) is 31.3. The summed E-state index contributed by atoms with van der Waals surface area (Å²) >= 11 is 0. The van der Waals surface area contributed by atoms with Gasteiger partial charge in [-0.25, -0.2) is 18.4 Å². The van der Waals surface area contributed by atoms with Crippen LogP contribution >= 0.6 is 0 Å². The molecule has 2 aromatic carbocycles. The smallest absolute Gasteiger partial charge is 0.407 e. The number of nitrogens with one attached hydrogen (secondary N) is 2. The Kier molecular flexibility index (Phi) is 11.3. The van der Waals surface area contributed by atoms with Gasteiger partial charge in [-0.2, -0.15) is 5.26 Å². The zero-order chi connectivity index (χ0) is 35.3. The first-order chi connectivity index (χ1) is 23.4. The predicted octanol–water partition coefficient (Wildman–Crippen LogP) is 5.26. The molecule has 2 aliphatic heterocycles. The van der Waals surface area contributed by atoms with Crippen LogP contribution in [0.3, 0.4) is 0 Å². The van der Waals surface area contributed by atoms with Crippen LogP contribution < -0.4 is 15.5 Å². The van der Waals surface area contributed by atoms with Crippen LogP contribution in [0.15, 0.2) is 36.4 Å². The van der Waals surface area contributed by atoms with E-state index in [9.17, 15) is 19.2 Å². The number of amides is 2. The maximum atomic E-state index is 15.6. The number of hydrogen-bond donors (Lipinski definition) is 2. The monoisotopic (exact) mass is 680 g/mol. The molecule has 1 saturated carbocycles. The number of carbonyl (C=O) groups is 2. The number of anilines is 1. The van der Waals surface area contributed by atoms with Gasteiger partial charge in [0.15, 0.2) is 5.82 Å². The summed E-state index contributed by atoms with van der Waals surface area (Å²) in [6, 6.07) is 12.0. The normalized spacial score (nSPS) is 22.1. The lowest BCUT2D eigenvalue weighted by Crippen LogP contribution is -2.61. The molecule has 2 saturated heterocycles. The molecule has 0 aromatic heterocycles. The van der Waals surface area contributed by atoms with E-state index in [1.54, 1.807) is 24.3 Å². The van der Waals surface area contributed by atoms with Gasteiger partial charge in [0.2, 0.25) is 0 Å². The standard InChI is InChI=1S/C37H50F2N6O4/c1-36(23-45(24-36)32-13-12-25(19-40)29(33(32)39)20-43(2)3)22-44-16-14-26(15-17-44)37(21-41-34(46)48-4,27-8-6-9-28(38)18-27)30-10-7-11-31(30)42-35(47)49-5/h6,8-9,12-13,18,26,30-31H,7,10-11,14-17,20-24H2,1-5H3,(H,41,46)(H,42,47)/t30-,31-,37-/m0/s1. The van der Waals surface area contributed by atoms with E-state index < -0.39 is 17.6 Å². The maximum Gasteiger partial charge on any atom is 0.407 e. The third kappa shape index (κ3) is 7.78. The van der Waals surface area contributed by atoms with E-state index in [1.165, 1.54) is 20.3 Å². The number of rotatable bonds is 11. The second kappa shape index (κ2) is 15.3. The lowest BCUT2D eigenvalue weighted by molar-refractivity contribution is 0.0488. The summed E-state index contributed by atoms with van der Waals surface area (Å²) in [5.41, 5.74) is 1.43. The van der Waals surface area contributed by atoms with E-state index in [-0.39, 0.29) is 41.5 Å². The van der Waals surface area contributed by atoms with Crippen LogP contribution in [0.2, 0.25) is 0 Å². The Morgan fingerprint density at radius 2 is 1.78 bits per heavy atom. The zero-order valence-corrected chi connectivity index (χ0v) is 29.4. The number of piperidine rings is 1. The Bertz CT molecular complexity index is 1540. The van der Waals surface area contributed by atoms with Crippen molar-refractivity contribution >= 4 is 17.9 Å². The first-order valence-electron chi connectivity index (χ1n) is 17.2. The molecule has 2 heterocycles. The number of hydrogen-bond acceptors (Lipinski definition) is 8. The Morgan fingerprint density at radius 3 is 2.41 bits per heavy atom. The van der Waals surface area contributed by atoms with Crippen molar-refractivity contribution in [2.75, 3.05) is 72.5 Å². The second-order valence-electron chi connectivity index (χ2n) is 14.7. The number of methoxy groups -OCH3 is 2. The van der Waals surface area contributed by atoms with Gasteiger partial charge in [-0.05, 0) is 94.5 Å². The molecule has 10 nitrogen and oxygen atoms in total. The van der Waals surface area contributed by atoms with E-state index in [1.807, 2.05) is 25.1 Å². The van der Waals surface area contributed by atoms with Crippen molar-refractivity contribution in [2.24, 2.45) is 17.3 Å². The first kappa shape index (κ1) is 36.3. The van der Waals surface area contributed by atoms with E-state index in [0.717, 1.165) is 57.3 Å². The molecule has 3 atom stereocenters. The highest BCUT2D eigenvalue weighted by atomic mass is 19.1. The number of nitriles is 1. The lowest BCUT2D eigenvalue weighted by Gasteiger charge is -2.54. The number of ether oxygens (including phenoxy) is 2. The van der Waals surface area contributed by atoms with Crippen LogP contribution in [-0.2, 0) is 21.4 Å². The van der Waals surface area contributed by atoms with Gasteiger partial charge in [-0.1, -0.05) is 25.5 Å². The molecule has 0 spiro atoms. The fraction of sp³-hybridized carbons (Fsp3) is 0.595. The Hall–Kier alpha value is -3.95. The number of likely N-dealkylation sites (tertiary alicyclic amines) is 1. The molecule has 0 unspecified atom stereocenters. The van der Waals surface area contributed by atoms with E-state index in [0.29, 0.717) is 36.4 Å². The molecule has 2 N–H and O–H groups in total. The number of carbonyl (C=O) groups excluding carboxylic acids is 2. The second-order valence-corrected chi connectivity index (χ2v) is 14.7. The average Bonchev–Trinajstić information content (AvgIpc) is 3.53. The van der Waals surface area contributed by atoms with Crippen molar-refractivity contribution in [3.63, 3.8) is 0 Å². The highest BCUT2D eigenvalue weighted by Gasteiger charge is 2.53. The third-order valence-corrected chi connectivity index (χ3v) is 11.0. The van der Waals surface area contributed by atoms with Crippen molar-refractivity contribution < 1.29 is 27.8 Å². The van der Waals surface area contributed by atoms with E-state index >= 15 is 4.39 Å². The summed E-state index contributed by atoms with van der Waals surface area (Å²) in [5.74, 6) is -0.652. The molecule has 12 heteroatoms. The van der Waals surface area contributed by atoms with E-state index in [4.69, 9.17) is 9.47 Å². The van der Waals surface area contributed by atoms with Crippen LogP contribution in [0.4, 0.5) is 24.1 Å². The average molecular weight is 681 g/mol. The number of alkyl carbamates (subject to hydrolysis) is 2. The van der Waals surface area contributed by atoms with Gasteiger partial charge >= 0.3 is 12.2 Å². The quantitative estimate of drug-likeness (QED) is 0.331. The number of benzene rings is 2. The SMILES string of the molecule is COC(=O)NC[C@@](c1cccc(F)c1)(C1CCN(CC2(C)CN(c3ccc(C#N)c(CN(C)C)c3F)C2)CC1)[C@H]1CCC[C@@H]1NC(=O)OC. The van der Waals surface area contributed by atoms with Gasteiger partial charge in [-0.15, -0.1) is 0 Å². The highest BCUT2D eigenvalue weighted by Crippen LogP contribution is 2.51. The highest BCUT2D eigenvalue weighted by molar-refractivity contribution is 5.68. The van der Waals surface area contributed by atoms with Crippen LogP contribution in [0.1, 0.15) is 55.7 Å². The molecule has 1 aliphatic carbocycles. The Balaban J connectivity index is 1.34. The molecule has 2 amide bonds. The minimum Gasteiger partial charge on any atom is -0.453 e. The molecule has 0 bridgehead atoms. The Labute approximate surface area is 288 Å².